The lowest BCUT2D eigenvalue weighted by molar-refractivity contribution is 0.130. The number of ether oxygens (including phenoxy) is 2. The van der Waals surface area contributed by atoms with Crippen LogP contribution in [0.2, 0.25) is 0 Å². The number of nitrogens with zero attached hydrogens (tertiary/aromatic N) is 1. The van der Waals surface area contributed by atoms with Gasteiger partial charge in [-0.15, -0.1) is 0 Å². The minimum absolute atomic E-state index is 0.346. The Bertz CT molecular complexity index is 351. The summed E-state index contributed by atoms with van der Waals surface area (Å²) in [4.78, 5) is 26.6. The molecule has 8 nitrogen and oxygen atoms in total. The summed E-state index contributed by atoms with van der Waals surface area (Å²) in [5.74, 6) is -0.397. The van der Waals surface area contributed by atoms with Gasteiger partial charge in [-0.3, -0.25) is 0 Å². The standard InChI is InChI=1S/C7H8N2O6/c1-2-3-8-4(14-6(10)11)5(9-3)15-7(12)13/h2H2,1H3,(H,8,9)(H,10,11)(H,12,13). The van der Waals surface area contributed by atoms with Crippen LogP contribution in [0.3, 0.4) is 0 Å². The maximum atomic E-state index is 10.2. The predicted molar refractivity (Wildman–Crippen MR) is 45.3 cm³/mol. The van der Waals surface area contributed by atoms with E-state index in [-0.39, 0.29) is 5.88 Å². The molecule has 1 aromatic heterocycles. The van der Waals surface area contributed by atoms with Crippen molar-refractivity contribution in [2.45, 2.75) is 13.3 Å². The molecule has 0 spiro atoms. The highest BCUT2D eigenvalue weighted by atomic mass is 16.7. The fourth-order valence-corrected chi connectivity index (χ4v) is 0.862. The van der Waals surface area contributed by atoms with Gasteiger partial charge >= 0.3 is 12.3 Å². The Labute approximate surface area is 83.5 Å². The SMILES string of the molecule is CCc1nc(OC(=O)O)c(OC(=O)O)[nH]1. The van der Waals surface area contributed by atoms with Crippen LogP contribution in [0.1, 0.15) is 12.7 Å². The van der Waals surface area contributed by atoms with E-state index in [4.69, 9.17) is 10.2 Å². The molecule has 0 aromatic carbocycles. The van der Waals surface area contributed by atoms with Crippen LogP contribution in [-0.4, -0.2) is 32.5 Å². The van der Waals surface area contributed by atoms with E-state index in [1.165, 1.54) is 0 Å². The van der Waals surface area contributed by atoms with Gasteiger partial charge in [-0.05, 0) is 0 Å². The Morgan fingerprint density at radius 1 is 1.33 bits per heavy atom. The van der Waals surface area contributed by atoms with Gasteiger partial charge in [0.2, 0.25) is 0 Å². The Kier molecular flexibility index (Phi) is 3.11. The zero-order valence-electron chi connectivity index (χ0n) is 7.68. The van der Waals surface area contributed by atoms with Gasteiger partial charge in [-0.1, -0.05) is 6.92 Å². The number of aromatic nitrogens is 2. The number of imidazole rings is 1. The number of H-pyrrole nitrogens is 1. The molecule has 0 bridgehead atoms. The van der Waals surface area contributed by atoms with Crippen molar-refractivity contribution < 1.29 is 29.3 Å². The molecule has 8 heteroatoms. The number of hydrogen-bond donors (Lipinski definition) is 3. The van der Waals surface area contributed by atoms with Crippen molar-refractivity contribution >= 4 is 12.3 Å². The molecule has 0 radical (unpaired) electrons. The molecule has 0 saturated carbocycles. The second kappa shape index (κ2) is 4.31. The van der Waals surface area contributed by atoms with Crippen molar-refractivity contribution in [1.82, 2.24) is 9.97 Å². The second-order valence-corrected chi connectivity index (χ2v) is 2.41. The molecule has 0 fully saturated rings. The highest BCUT2D eigenvalue weighted by Gasteiger charge is 2.17. The number of carbonyl (C=O) groups is 2. The summed E-state index contributed by atoms with van der Waals surface area (Å²) in [6.45, 7) is 1.74. The molecule has 0 atom stereocenters. The lowest BCUT2D eigenvalue weighted by Crippen LogP contribution is -2.08. The number of nitrogens with one attached hydrogen (secondary N) is 1. The molecule has 0 amide bonds. The fourth-order valence-electron chi connectivity index (χ4n) is 0.862. The van der Waals surface area contributed by atoms with Crippen LogP contribution in [0.25, 0.3) is 0 Å². The van der Waals surface area contributed by atoms with E-state index < -0.39 is 18.2 Å². The maximum absolute atomic E-state index is 10.2. The summed E-state index contributed by atoms with van der Waals surface area (Å²) in [5, 5.41) is 16.7. The summed E-state index contributed by atoms with van der Waals surface area (Å²) in [6.07, 6.45) is -2.73. The molecular weight excluding hydrogens is 208 g/mol. The molecule has 0 aliphatic rings. The Hall–Kier alpha value is -2.25. The predicted octanol–water partition coefficient (Wildman–Crippen LogP) is 1.09. The van der Waals surface area contributed by atoms with E-state index in [0.29, 0.717) is 12.2 Å². The minimum atomic E-state index is -1.60. The molecule has 0 aliphatic carbocycles. The molecule has 15 heavy (non-hydrogen) atoms. The van der Waals surface area contributed by atoms with Crippen molar-refractivity contribution in [3.05, 3.63) is 5.82 Å². The zero-order chi connectivity index (χ0) is 11.4. The summed E-state index contributed by atoms with van der Waals surface area (Å²) >= 11 is 0. The molecule has 0 aliphatic heterocycles. The quantitative estimate of drug-likeness (QED) is 0.646. The average Bonchev–Trinajstić information content (AvgIpc) is 2.46. The molecule has 1 aromatic rings. The maximum Gasteiger partial charge on any atom is 0.512 e. The van der Waals surface area contributed by atoms with Gasteiger partial charge in [0.15, 0.2) is 0 Å². The number of aromatic amines is 1. The summed E-state index contributed by atoms with van der Waals surface area (Å²) < 4.78 is 8.45. The van der Waals surface area contributed by atoms with Crippen molar-refractivity contribution in [3.63, 3.8) is 0 Å². The monoisotopic (exact) mass is 216 g/mol. The van der Waals surface area contributed by atoms with Crippen molar-refractivity contribution in [2.75, 3.05) is 0 Å². The van der Waals surface area contributed by atoms with Crippen LogP contribution < -0.4 is 9.47 Å². The first-order chi connectivity index (χ1) is 7.02. The van der Waals surface area contributed by atoms with E-state index in [0.717, 1.165) is 0 Å². The lowest BCUT2D eigenvalue weighted by Gasteiger charge is -1.97. The van der Waals surface area contributed by atoms with Gasteiger partial charge in [-0.2, -0.15) is 4.98 Å². The largest absolute Gasteiger partial charge is 0.512 e. The van der Waals surface area contributed by atoms with Gasteiger partial charge in [0.1, 0.15) is 5.82 Å². The van der Waals surface area contributed by atoms with Crippen molar-refractivity contribution in [3.8, 4) is 11.8 Å². The molecule has 3 N–H and O–H groups in total. The highest BCUT2D eigenvalue weighted by molar-refractivity contribution is 5.64. The van der Waals surface area contributed by atoms with E-state index in [2.05, 4.69) is 19.4 Å². The normalized spacial score (nSPS) is 9.67. The van der Waals surface area contributed by atoms with Crippen LogP contribution in [-0.2, 0) is 6.42 Å². The molecule has 1 rings (SSSR count). The Balaban J connectivity index is 2.94. The third-order valence-corrected chi connectivity index (χ3v) is 1.40. The second-order valence-electron chi connectivity index (χ2n) is 2.41. The Morgan fingerprint density at radius 2 is 1.93 bits per heavy atom. The first kappa shape index (κ1) is 10.8. The van der Waals surface area contributed by atoms with Crippen LogP contribution in [0.5, 0.6) is 11.8 Å². The van der Waals surface area contributed by atoms with E-state index >= 15 is 0 Å². The van der Waals surface area contributed by atoms with Crippen molar-refractivity contribution in [1.29, 1.82) is 0 Å². The van der Waals surface area contributed by atoms with Gasteiger partial charge in [0.05, 0.1) is 0 Å². The summed E-state index contributed by atoms with van der Waals surface area (Å²) in [5.41, 5.74) is 0. The number of aryl methyl sites for hydroxylation is 1. The van der Waals surface area contributed by atoms with Crippen molar-refractivity contribution in [2.24, 2.45) is 0 Å². The minimum Gasteiger partial charge on any atom is -0.449 e. The topological polar surface area (TPSA) is 122 Å². The summed E-state index contributed by atoms with van der Waals surface area (Å²) in [7, 11) is 0. The van der Waals surface area contributed by atoms with Crippen LogP contribution in [0.4, 0.5) is 9.59 Å². The lowest BCUT2D eigenvalue weighted by atomic mass is 10.5. The van der Waals surface area contributed by atoms with E-state index in [1.54, 1.807) is 6.92 Å². The average molecular weight is 216 g/mol. The first-order valence-electron chi connectivity index (χ1n) is 3.93. The van der Waals surface area contributed by atoms with Gasteiger partial charge < -0.3 is 24.7 Å². The number of hydrogen-bond acceptors (Lipinski definition) is 5. The van der Waals surface area contributed by atoms with Crippen LogP contribution in [0, 0.1) is 0 Å². The number of carboxylic acid groups (broad SMARTS) is 2. The van der Waals surface area contributed by atoms with Gasteiger partial charge in [-0.25, -0.2) is 9.59 Å². The molecule has 0 saturated heterocycles. The van der Waals surface area contributed by atoms with E-state index in [9.17, 15) is 9.59 Å². The molecule has 0 unspecified atom stereocenters. The van der Waals surface area contributed by atoms with E-state index in [1.807, 2.05) is 0 Å². The fraction of sp³-hybridized carbons (Fsp3) is 0.286. The Morgan fingerprint density at radius 3 is 2.40 bits per heavy atom. The molecule has 82 valence electrons. The van der Waals surface area contributed by atoms with Gasteiger partial charge in [0.25, 0.3) is 11.8 Å². The zero-order valence-corrected chi connectivity index (χ0v) is 7.68. The highest BCUT2D eigenvalue weighted by Crippen LogP contribution is 2.24. The first-order valence-corrected chi connectivity index (χ1v) is 3.93. The smallest absolute Gasteiger partial charge is 0.449 e. The van der Waals surface area contributed by atoms with Crippen LogP contribution in [0.15, 0.2) is 0 Å². The summed E-state index contributed by atoms with van der Waals surface area (Å²) in [6, 6.07) is 0. The third-order valence-electron chi connectivity index (χ3n) is 1.40. The molecule has 1 heterocycles. The van der Waals surface area contributed by atoms with Gasteiger partial charge in [0, 0.05) is 6.42 Å². The number of rotatable bonds is 3. The van der Waals surface area contributed by atoms with Crippen LogP contribution >= 0.6 is 0 Å². The third kappa shape index (κ3) is 2.86. The molecular formula is C7H8N2O6.